The Morgan fingerprint density at radius 1 is 1.39 bits per heavy atom. The zero-order chi connectivity index (χ0) is 13.0. The van der Waals surface area contributed by atoms with Crippen molar-refractivity contribution in [1.29, 1.82) is 0 Å². The maximum Gasteiger partial charge on any atom is 0.325 e. The minimum atomic E-state index is -0.830. The normalized spacial score (nSPS) is 24.9. The maximum absolute atomic E-state index is 11.4. The van der Waals surface area contributed by atoms with Crippen LogP contribution in [0.25, 0.3) is 0 Å². The van der Waals surface area contributed by atoms with Gasteiger partial charge in [0.2, 0.25) is 0 Å². The Labute approximate surface area is 107 Å². The van der Waals surface area contributed by atoms with E-state index in [1.54, 1.807) is 0 Å². The summed E-state index contributed by atoms with van der Waals surface area (Å²) in [5, 5.41) is 12.6. The third kappa shape index (κ3) is 2.89. The van der Waals surface area contributed by atoms with Crippen molar-refractivity contribution in [2.75, 3.05) is 6.54 Å². The summed E-state index contributed by atoms with van der Waals surface area (Å²) >= 11 is 0. The molecule has 2 rings (SSSR count). The molecule has 1 aromatic carbocycles. The van der Waals surface area contributed by atoms with Crippen LogP contribution in [0.15, 0.2) is 30.3 Å². The van der Waals surface area contributed by atoms with Gasteiger partial charge in [0, 0.05) is 6.04 Å². The zero-order valence-electron chi connectivity index (χ0n) is 10.4. The Morgan fingerprint density at radius 2 is 2.11 bits per heavy atom. The molecule has 3 atom stereocenters. The van der Waals surface area contributed by atoms with Crippen LogP contribution in [-0.2, 0) is 4.79 Å². The van der Waals surface area contributed by atoms with Crippen LogP contribution in [0.2, 0.25) is 0 Å². The monoisotopic (exact) mass is 248 g/mol. The van der Waals surface area contributed by atoms with Gasteiger partial charge >= 0.3 is 5.97 Å². The van der Waals surface area contributed by atoms with E-state index in [0.717, 1.165) is 24.8 Å². The minimum Gasteiger partial charge on any atom is -0.480 e. The summed E-state index contributed by atoms with van der Waals surface area (Å²) in [5.74, 6) is -0.431. The van der Waals surface area contributed by atoms with E-state index in [4.69, 9.17) is 5.73 Å². The summed E-state index contributed by atoms with van der Waals surface area (Å²) in [6.07, 6.45) is 3.23. The summed E-state index contributed by atoms with van der Waals surface area (Å²) in [4.78, 5) is 11.4. The van der Waals surface area contributed by atoms with E-state index >= 15 is 0 Å². The molecule has 0 aromatic heterocycles. The Kier molecular flexibility index (Phi) is 4.33. The fourth-order valence-corrected chi connectivity index (χ4v) is 2.71. The van der Waals surface area contributed by atoms with E-state index in [-0.39, 0.29) is 6.04 Å². The molecular formula is C14H20N2O2. The molecule has 0 saturated heterocycles. The molecule has 18 heavy (non-hydrogen) atoms. The molecule has 3 unspecified atom stereocenters. The van der Waals surface area contributed by atoms with Crippen LogP contribution in [0.3, 0.4) is 0 Å². The molecule has 0 aliphatic heterocycles. The molecule has 1 saturated carbocycles. The van der Waals surface area contributed by atoms with Crippen LogP contribution in [0, 0.1) is 5.92 Å². The average molecular weight is 248 g/mol. The second kappa shape index (κ2) is 5.98. The van der Waals surface area contributed by atoms with Crippen LogP contribution >= 0.6 is 0 Å². The number of aliphatic carboxylic acids is 1. The fourth-order valence-electron chi connectivity index (χ4n) is 2.71. The average Bonchev–Trinajstić information content (AvgIpc) is 2.83. The second-order valence-electron chi connectivity index (χ2n) is 4.88. The molecule has 0 bridgehead atoms. The largest absolute Gasteiger partial charge is 0.480 e. The highest BCUT2D eigenvalue weighted by Crippen LogP contribution is 2.27. The summed E-state index contributed by atoms with van der Waals surface area (Å²) < 4.78 is 0. The highest BCUT2D eigenvalue weighted by atomic mass is 16.4. The first-order valence-corrected chi connectivity index (χ1v) is 6.46. The van der Waals surface area contributed by atoms with Crippen LogP contribution < -0.4 is 11.1 Å². The van der Waals surface area contributed by atoms with E-state index in [1.807, 2.05) is 30.3 Å². The van der Waals surface area contributed by atoms with Gasteiger partial charge in [-0.3, -0.25) is 10.1 Å². The molecule has 4 nitrogen and oxygen atoms in total. The Bertz CT molecular complexity index is 394. The van der Waals surface area contributed by atoms with Gasteiger partial charge in [0.15, 0.2) is 0 Å². The Hall–Kier alpha value is -1.39. The summed E-state index contributed by atoms with van der Waals surface area (Å²) in [7, 11) is 0. The molecule has 0 radical (unpaired) electrons. The van der Waals surface area contributed by atoms with Crippen LogP contribution in [-0.4, -0.2) is 23.7 Å². The van der Waals surface area contributed by atoms with Crippen molar-refractivity contribution in [3.8, 4) is 0 Å². The minimum absolute atomic E-state index is 0.219. The molecular weight excluding hydrogens is 228 g/mol. The topological polar surface area (TPSA) is 75.3 Å². The lowest BCUT2D eigenvalue weighted by molar-refractivity contribution is -0.140. The van der Waals surface area contributed by atoms with Crippen molar-refractivity contribution in [2.45, 2.75) is 31.3 Å². The van der Waals surface area contributed by atoms with Crippen molar-refractivity contribution >= 4 is 5.97 Å². The standard InChI is InChI=1S/C14H20N2O2/c15-9-11-7-4-8-12(11)16-13(14(17)18)10-5-2-1-3-6-10/h1-3,5-6,11-13,16H,4,7-9,15H2,(H,17,18). The van der Waals surface area contributed by atoms with Crippen molar-refractivity contribution in [1.82, 2.24) is 5.32 Å². The predicted octanol–water partition coefficient (Wildman–Crippen LogP) is 1.53. The maximum atomic E-state index is 11.4. The highest BCUT2D eigenvalue weighted by Gasteiger charge is 2.30. The lowest BCUT2D eigenvalue weighted by atomic mass is 10.0. The predicted molar refractivity (Wildman–Crippen MR) is 70.1 cm³/mol. The molecule has 1 fully saturated rings. The van der Waals surface area contributed by atoms with E-state index < -0.39 is 12.0 Å². The van der Waals surface area contributed by atoms with E-state index in [1.165, 1.54) is 0 Å². The molecule has 4 heteroatoms. The van der Waals surface area contributed by atoms with Crippen LogP contribution in [0.4, 0.5) is 0 Å². The number of hydrogen-bond donors (Lipinski definition) is 3. The first kappa shape index (κ1) is 13.1. The number of carboxylic acid groups (broad SMARTS) is 1. The van der Waals surface area contributed by atoms with Gasteiger partial charge in [0.25, 0.3) is 0 Å². The van der Waals surface area contributed by atoms with Gasteiger partial charge in [0.1, 0.15) is 6.04 Å². The smallest absolute Gasteiger partial charge is 0.325 e. The Morgan fingerprint density at radius 3 is 2.72 bits per heavy atom. The fraction of sp³-hybridized carbons (Fsp3) is 0.500. The van der Waals surface area contributed by atoms with Crippen molar-refractivity contribution in [2.24, 2.45) is 11.7 Å². The molecule has 98 valence electrons. The number of rotatable bonds is 5. The second-order valence-corrected chi connectivity index (χ2v) is 4.88. The summed E-state index contributed by atoms with van der Waals surface area (Å²) in [6, 6.07) is 8.89. The first-order chi connectivity index (χ1) is 8.72. The Balaban J connectivity index is 2.10. The number of hydrogen-bond acceptors (Lipinski definition) is 3. The van der Waals surface area contributed by atoms with Crippen LogP contribution in [0.5, 0.6) is 0 Å². The molecule has 1 aromatic rings. The summed E-state index contributed by atoms with van der Waals surface area (Å²) in [5.41, 5.74) is 6.53. The van der Waals surface area contributed by atoms with Crippen LogP contribution in [0.1, 0.15) is 30.9 Å². The zero-order valence-corrected chi connectivity index (χ0v) is 10.4. The van der Waals surface area contributed by atoms with Gasteiger partial charge in [-0.1, -0.05) is 36.8 Å². The number of nitrogens with one attached hydrogen (secondary N) is 1. The lowest BCUT2D eigenvalue weighted by Gasteiger charge is -2.24. The molecule has 1 aliphatic rings. The van der Waals surface area contributed by atoms with Crippen molar-refractivity contribution < 1.29 is 9.90 Å². The third-order valence-electron chi connectivity index (χ3n) is 3.72. The van der Waals surface area contributed by atoms with Crippen molar-refractivity contribution in [3.05, 3.63) is 35.9 Å². The number of nitrogens with two attached hydrogens (primary N) is 1. The van der Waals surface area contributed by atoms with Gasteiger partial charge in [0.05, 0.1) is 0 Å². The molecule has 4 N–H and O–H groups in total. The van der Waals surface area contributed by atoms with Gasteiger partial charge < -0.3 is 10.8 Å². The summed E-state index contributed by atoms with van der Waals surface area (Å²) in [6.45, 7) is 0.624. The van der Waals surface area contributed by atoms with E-state index in [2.05, 4.69) is 5.32 Å². The number of benzene rings is 1. The molecule has 0 heterocycles. The SMILES string of the molecule is NCC1CCCC1NC(C(=O)O)c1ccccc1. The quantitative estimate of drug-likeness (QED) is 0.738. The first-order valence-electron chi connectivity index (χ1n) is 6.46. The van der Waals surface area contributed by atoms with Gasteiger partial charge in [-0.15, -0.1) is 0 Å². The molecule has 1 aliphatic carbocycles. The molecule has 0 spiro atoms. The number of carboxylic acids is 1. The van der Waals surface area contributed by atoms with E-state index in [0.29, 0.717) is 12.5 Å². The highest BCUT2D eigenvalue weighted by molar-refractivity contribution is 5.75. The van der Waals surface area contributed by atoms with Crippen molar-refractivity contribution in [3.63, 3.8) is 0 Å². The molecule has 0 amide bonds. The van der Waals surface area contributed by atoms with Gasteiger partial charge in [-0.25, -0.2) is 0 Å². The number of carbonyl (C=O) groups is 1. The third-order valence-corrected chi connectivity index (χ3v) is 3.72. The van der Waals surface area contributed by atoms with Gasteiger partial charge in [-0.2, -0.15) is 0 Å². The van der Waals surface area contributed by atoms with Gasteiger partial charge in [-0.05, 0) is 30.9 Å². The van der Waals surface area contributed by atoms with E-state index in [9.17, 15) is 9.90 Å². The lowest BCUT2D eigenvalue weighted by Crippen LogP contribution is -2.41.